The van der Waals surface area contributed by atoms with Gasteiger partial charge in [-0.25, -0.2) is 0 Å². The van der Waals surface area contributed by atoms with Crippen LogP contribution in [-0.2, 0) is 4.79 Å². The molecule has 3 nitrogen and oxygen atoms in total. The summed E-state index contributed by atoms with van der Waals surface area (Å²) < 4.78 is 5.43. The summed E-state index contributed by atoms with van der Waals surface area (Å²) in [6.45, 7) is 2.56. The standard InChI is InChI=1S/C14H16O3/c1-2-17-14-5-3-4-10(8-14)11-6-12(15)9-13(16)7-11/h3-5,8-9,11,15H,2,6-7H2,1H3. The molecular weight excluding hydrogens is 216 g/mol. The third-order valence-corrected chi connectivity index (χ3v) is 2.87. The second-order valence-corrected chi connectivity index (χ2v) is 4.21. The fraction of sp³-hybridized carbons (Fsp3) is 0.357. The first kappa shape index (κ1) is 11.7. The molecule has 0 radical (unpaired) electrons. The van der Waals surface area contributed by atoms with Crippen LogP contribution in [0.25, 0.3) is 0 Å². The van der Waals surface area contributed by atoms with Crippen LogP contribution in [0.3, 0.4) is 0 Å². The Morgan fingerprint density at radius 1 is 1.41 bits per heavy atom. The van der Waals surface area contributed by atoms with Crippen molar-refractivity contribution in [2.24, 2.45) is 0 Å². The van der Waals surface area contributed by atoms with E-state index >= 15 is 0 Å². The monoisotopic (exact) mass is 232 g/mol. The molecule has 90 valence electrons. The highest BCUT2D eigenvalue weighted by molar-refractivity contribution is 5.91. The lowest BCUT2D eigenvalue weighted by Crippen LogP contribution is -2.12. The van der Waals surface area contributed by atoms with E-state index in [2.05, 4.69) is 0 Å². The van der Waals surface area contributed by atoms with Gasteiger partial charge in [0.1, 0.15) is 5.75 Å². The van der Waals surface area contributed by atoms with Gasteiger partial charge in [-0.3, -0.25) is 4.79 Å². The van der Waals surface area contributed by atoms with Crippen LogP contribution >= 0.6 is 0 Å². The number of allylic oxidation sites excluding steroid dienone is 2. The highest BCUT2D eigenvalue weighted by atomic mass is 16.5. The third-order valence-electron chi connectivity index (χ3n) is 2.87. The minimum Gasteiger partial charge on any atom is -0.512 e. The van der Waals surface area contributed by atoms with E-state index in [-0.39, 0.29) is 17.5 Å². The maximum atomic E-state index is 11.4. The Morgan fingerprint density at radius 2 is 2.24 bits per heavy atom. The quantitative estimate of drug-likeness (QED) is 0.871. The molecule has 1 aliphatic rings. The minimum atomic E-state index is -0.0134. The van der Waals surface area contributed by atoms with Gasteiger partial charge in [0.25, 0.3) is 0 Å². The van der Waals surface area contributed by atoms with Crippen LogP contribution in [0.2, 0.25) is 0 Å². The van der Waals surface area contributed by atoms with Crippen molar-refractivity contribution in [3.63, 3.8) is 0 Å². The fourth-order valence-electron chi connectivity index (χ4n) is 2.13. The van der Waals surface area contributed by atoms with E-state index in [9.17, 15) is 9.90 Å². The lowest BCUT2D eigenvalue weighted by molar-refractivity contribution is -0.115. The Morgan fingerprint density at radius 3 is 2.94 bits per heavy atom. The summed E-state index contributed by atoms with van der Waals surface area (Å²) in [6.07, 6.45) is 2.31. The predicted octanol–water partition coefficient (Wildman–Crippen LogP) is 2.97. The van der Waals surface area contributed by atoms with Gasteiger partial charge in [0.15, 0.2) is 5.78 Å². The molecule has 0 heterocycles. The minimum absolute atomic E-state index is 0.0134. The molecule has 0 fully saturated rings. The molecular formula is C14H16O3. The number of rotatable bonds is 3. The largest absolute Gasteiger partial charge is 0.512 e. The molecule has 0 aliphatic heterocycles. The Labute approximate surface area is 101 Å². The number of aliphatic hydroxyl groups excluding tert-OH is 1. The van der Waals surface area contributed by atoms with Gasteiger partial charge in [0, 0.05) is 18.9 Å². The van der Waals surface area contributed by atoms with Crippen molar-refractivity contribution < 1.29 is 14.6 Å². The first-order valence-electron chi connectivity index (χ1n) is 5.84. The van der Waals surface area contributed by atoms with E-state index in [1.165, 1.54) is 6.08 Å². The zero-order valence-corrected chi connectivity index (χ0v) is 9.85. The summed E-state index contributed by atoms with van der Waals surface area (Å²) in [7, 11) is 0. The number of benzene rings is 1. The van der Waals surface area contributed by atoms with Crippen molar-refractivity contribution in [3.05, 3.63) is 41.7 Å². The van der Waals surface area contributed by atoms with Crippen molar-refractivity contribution in [1.82, 2.24) is 0 Å². The molecule has 1 atom stereocenters. The number of ketones is 1. The van der Waals surface area contributed by atoms with Crippen LogP contribution in [0.15, 0.2) is 36.1 Å². The van der Waals surface area contributed by atoms with Crippen molar-refractivity contribution >= 4 is 5.78 Å². The molecule has 0 bridgehead atoms. The average molecular weight is 232 g/mol. The Bertz CT molecular complexity index is 449. The van der Waals surface area contributed by atoms with E-state index in [1.54, 1.807) is 0 Å². The normalized spacial score (nSPS) is 19.9. The highest BCUT2D eigenvalue weighted by Crippen LogP contribution is 2.31. The summed E-state index contributed by atoms with van der Waals surface area (Å²) in [5.41, 5.74) is 1.05. The molecule has 1 N–H and O–H groups in total. The van der Waals surface area contributed by atoms with E-state index in [4.69, 9.17) is 4.74 Å². The summed E-state index contributed by atoms with van der Waals surface area (Å²) in [5.74, 6) is 1.04. The molecule has 2 rings (SSSR count). The van der Waals surface area contributed by atoms with Crippen LogP contribution < -0.4 is 4.74 Å². The number of carbonyl (C=O) groups is 1. The summed E-state index contributed by atoms with van der Waals surface area (Å²) in [4.78, 5) is 11.4. The van der Waals surface area contributed by atoms with Crippen molar-refractivity contribution in [2.75, 3.05) is 6.61 Å². The zero-order chi connectivity index (χ0) is 12.3. The number of hydrogen-bond donors (Lipinski definition) is 1. The van der Waals surface area contributed by atoms with Gasteiger partial charge < -0.3 is 9.84 Å². The van der Waals surface area contributed by atoms with Crippen LogP contribution in [0.4, 0.5) is 0 Å². The molecule has 1 aliphatic carbocycles. The molecule has 17 heavy (non-hydrogen) atoms. The van der Waals surface area contributed by atoms with Gasteiger partial charge >= 0.3 is 0 Å². The van der Waals surface area contributed by atoms with E-state index in [1.807, 2.05) is 31.2 Å². The van der Waals surface area contributed by atoms with E-state index in [0.29, 0.717) is 19.4 Å². The second-order valence-electron chi connectivity index (χ2n) is 4.21. The van der Waals surface area contributed by atoms with Crippen LogP contribution in [0.1, 0.15) is 31.2 Å². The molecule has 0 amide bonds. The maximum absolute atomic E-state index is 11.4. The average Bonchev–Trinajstić information content (AvgIpc) is 2.28. The molecule has 3 heteroatoms. The Kier molecular flexibility index (Phi) is 3.47. The van der Waals surface area contributed by atoms with E-state index in [0.717, 1.165) is 11.3 Å². The molecule has 1 unspecified atom stereocenters. The summed E-state index contributed by atoms with van der Waals surface area (Å²) >= 11 is 0. The number of carbonyl (C=O) groups excluding carboxylic acids is 1. The second kappa shape index (κ2) is 5.04. The first-order valence-corrected chi connectivity index (χ1v) is 5.84. The molecule has 0 saturated carbocycles. The molecule has 1 aromatic rings. The van der Waals surface area contributed by atoms with E-state index < -0.39 is 0 Å². The van der Waals surface area contributed by atoms with Gasteiger partial charge in [-0.1, -0.05) is 12.1 Å². The highest BCUT2D eigenvalue weighted by Gasteiger charge is 2.22. The lowest BCUT2D eigenvalue weighted by Gasteiger charge is -2.20. The third kappa shape index (κ3) is 2.87. The SMILES string of the molecule is CCOc1cccc(C2CC(=O)C=C(O)C2)c1. The van der Waals surface area contributed by atoms with Crippen LogP contribution in [0, 0.1) is 0 Å². The number of aliphatic hydroxyl groups is 1. The van der Waals surface area contributed by atoms with Gasteiger partial charge in [0.2, 0.25) is 0 Å². The molecule has 0 aromatic heterocycles. The molecule has 0 saturated heterocycles. The van der Waals surface area contributed by atoms with Gasteiger partial charge in [0.05, 0.1) is 12.4 Å². The van der Waals surface area contributed by atoms with Gasteiger partial charge in [-0.05, 0) is 30.5 Å². The fourth-order valence-corrected chi connectivity index (χ4v) is 2.13. The molecule has 1 aromatic carbocycles. The maximum Gasteiger partial charge on any atom is 0.159 e. The van der Waals surface area contributed by atoms with Gasteiger partial charge in [-0.15, -0.1) is 0 Å². The lowest BCUT2D eigenvalue weighted by atomic mass is 9.86. The first-order chi connectivity index (χ1) is 8.19. The Hall–Kier alpha value is -1.77. The number of hydrogen-bond acceptors (Lipinski definition) is 3. The van der Waals surface area contributed by atoms with Gasteiger partial charge in [-0.2, -0.15) is 0 Å². The predicted molar refractivity (Wildman–Crippen MR) is 65.3 cm³/mol. The zero-order valence-electron chi connectivity index (χ0n) is 9.85. The number of ether oxygens (including phenoxy) is 1. The summed E-state index contributed by atoms with van der Waals surface area (Å²) in [6, 6.07) is 7.73. The van der Waals surface area contributed by atoms with Crippen LogP contribution in [-0.4, -0.2) is 17.5 Å². The smallest absolute Gasteiger partial charge is 0.159 e. The Balaban J connectivity index is 2.20. The molecule has 0 spiro atoms. The van der Waals surface area contributed by atoms with Crippen molar-refractivity contribution in [2.45, 2.75) is 25.7 Å². The van der Waals surface area contributed by atoms with Crippen LogP contribution in [0.5, 0.6) is 5.75 Å². The van der Waals surface area contributed by atoms with Crippen molar-refractivity contribution in [3.8, 4) is 5.75 Å². The summed E-state index contributed by atoms with van der Waals surface area (Å²) in [5, 5.41) is 9.49. The van der Waals surface area contributed by atoms with Crippen molar-refractivity contribution in [1.29, 1.82) is 0 Å². The topological polar surface area (TPSA) is 46.5 Å².